The van der Waals surface area contributed by atoms with E-state index >= 15 is 0 Å². The number of alkyl halides is 3. The molecule has 1 heterocycles. The van der Waals surface area contributed by atoms with E-state index in [-0.39, 0.29) is 17.8 Å². The predicted octanol–water partition coefficient (Wildman–Crippen LogP) is 2.25. The van der Waals surface area contributed by atoms with Crippen molar-refractivity contribution in [3.8, 4) is 0 Å². The molecule has 0 aromatic heterocycles. The minimum atomic E-state index is -5.16. The Balaban J connectivity index is 2.69. The number of benzene rings is 1. The van der Waals surface area contributed by atoms with Gasteiger partial charge in [0.05, 0.1) is 16.3 Å². The summed E-state index contributed by atoms with van der Waals surface area (Å²) in [6.45, 7) is 1.28. The van der Waals surface area contributed by atoms with Gasteiger partial charge in [0.1, 0.15) is 0 Å². The lowest BCUT2D eigenvalue weighted by Gasteiger charge is -2.28. The molecule has 0 unspecified atom stereocenters. The van der Waals surface area contributed by atoms with Gasteiger partial charge in [0.15, 0.2) is 0 Å². The van der Waals surface area contributed by atoms with Crippen LogP contribution in [-0.2, 0) is 9.59 Å². The number of nitro groups is 1. The summed E-state index contributed by atoms with van der Waals surface area (Å²) in [4.78, 5) is 35.3. The van der Waals surface area contributed by atoms with Crippen molar-refractivity contribution in [3.63, 3.8) is 0 Å². The number of hydrogen-bond donors (Lipinski definition) is 0. The fraction of sp³-hybridized carbons (Fsp3) is 0.385. The Morgan fingerprint density at radius 1 is 1.35 bits per heavy atom. The molecule has 1 atom stereocenters. The Bertz CT molecular complexity index is 690. The lowest BCUT2D eigenvalue weighted by Crippen LogP contribution is -2.46. The first-order valence-electron chi connectivity index (χ1n) is 6.49. The minimum Gasteiger partial charge on any atom is -0.313 e. The van der Waals surface area contributed by atoms with Gasteiger partial charge in [-0.15, -0.1) is 0 Å². The molecule has 0 saturated carbocycles. The quantitative estimate of drug-likeness (QED) is 0.583. The molecule has 2 rings (SSSR count). The van der Waals surface area contributed by atoms with Gasteiger partial charge in [0.25, 0.3) is 5.69 Å². The number of fused-ring (bicyclic) bond motifs is 1. The van der Waals surface area contributed by atoms with E-state index in [2.05, 4.69) is 0 Å². The van der Waals surface area contributed by atoms with E-state index in [1.54, 1.807) is 0 Å². The van der Waals surface area contributed by atoms with Crippen molar-refractivity contribution in [2.24, 2.45) is 0 Å². The van der Waals surface area contributed by atoms with E-state index in [1.807, 2.05) is 0 Å². The summed E-state index contributed by atoms with van der Waals surface area (Å²) in [5.74, 6) is -2.67. The number of amides is 2. The molecule has 0 bridgehead atoms. The minimum absolute atomic E-state index is 0.00236. The Morgan fingerprint density at radius 2 is 1.96 bits per heavy atom. The standard InChI is InChI=1S/C13H12F3N3O4/c1-7-5-11(20)17(2)9-4-3-8(19(22)23)6-10(9)18(7)12(21)13(14,15)16/h3-4,6-7H,5H2,1-2H3/t7-/m0/s1. The van der Waals surface area contributed by atoms with Crippen LogP contribution in [0.2, 0.25) is 0 Å². The molecule has 0 N–H and O–H groups in total. The fourth-order valence-electron chi connectivity index (χ4n) is 2.40. The summed E-state index contributed by atoms with van der Waals surface area (Å²) < 4.78 is 38.6. The third-order valence-electron chi connectivity index (χ3n) is 3.54. The van der Waals surface area contributed by atoms with E-state index in [9.17, 15) is 32.9 Å². The van der Waals surface area contributed by atoms with E-state index < -0.39 is 34.6 Å². The number of hydrogen-bond acceptors (Lipinski definition) is 4. The highest BCUT2D eigenvalue weighted by Gasteiger charge is 2.47. The summed E-state index contributed by atoms with van der Waals surface area (Å²) in [6, 6.07) is 1.99. The fourth-order valence-corrected chi connectivity index (χ4v) is 2.40. The second kappa shape index (κ2) is 5.52. The van der Waals surface area contributed by atoms with Crippen LogP contribution < -0.4 is 9.80 Å². The van der Waals surface area contributed by atoms with Crippen molar-refractivity contribution in [2.75, 3.05) is 16.8 Å². The average Bonchev–Trinajstić information content (AvgIpc) is 2.53. The Hall–Kier alpha value is -2.65. The van der Waals surface area contributed by atoms with Crippen LogP contribution in [-0.4, -0.2) is 36.0 Å². The molecule has 1 aromatic carbocycles. The second-order valence-electron chi connectivity index (χ2n) is 5.11. The van der Waals surface area contributed by atoms with Gasteiger partial charge in [0, 0.05) is 31.6 Å². The zero-order valence-electron chi connectivity index (χ0n) is 12.1. The molecule has 1 aliphatic heterocycles. The summed E-state index contributed by atoms with van der Waals surface area (Å²) in [6.07, 6.45) is -5.50. The SMILES string of the molecule is C[C@H]1CC(=O)N(C)c2ccc([N+](=O)[O-])cc2N1C(=O)C(F)(F)F. The number of carbonyl (C=O) groups is 2. The molecule has 0 fully saturated rings. The number of anilines is 2. The lowest BCUT2D eigenvalue weighted by molar-refractivity contribution is -0.384. The molecular formula is C13H12F3N3O4. The maximum absolute atomic E-state index is 12.9. The van der Waals surface area contributed by atoms with Crippen molar-refractivity contribution in [2.45, 2.75) is 25.6 Å². The predicted molar refractivity (Wildman–Crippen MR) is 74.1 cm³/mol. The first-order valence-corrected chi connectivity index (χ1v) is 6.49. The monoisotopic (exact) mass is 331 g/mol. The van der Waals surface area contributed by atoms with Crippen molar-refractivity contribution in [3.05, 3.63) is 28.3 Å². The van der Waals surface area contributed by atoms with E-state index in [1.165, 1.54) is 14.0 Å². The molecule has 0 aliphatic carbocycles. The average molecular weight is 331 g/mol. The van der Waals surface area contributed by atoms with E-state index in [0.29, 0.717) is 4.90 Å². The van der Waals surface area contributed by atoms with Crippen molar-refractivity contribution in [1.82, 2.24) is 0 Å². The largest absolute Gasteiger partial charge is 0.471 e. The van der Waals surface area contributed by atoms with Crippen molar-refractivity contribution in [1.29, 1.82) is 0 Å². The van der Waals surface area contributed by atoms with Crippen LogP contribution in [0.4, 0.5) is 30.2 Å². The third-order valence-corrected chi connectivity index (χ3v) is 3.54. The van der Waals surface area contributed by atoms with E-state index in [0.717, 1.165) is 23.1 Å². The van der Waals surface area contributed by atoms with Crippen LogP contribution in [0.15, 0.2) is 18.2 Å². The van der Waals surface area contributed by atoms with Gasteiger partial charge < -0.3 is 4.90 Å². The molecule has 2 amide bonds. The number of non-ortho nitro benzene ring substituents is 1. The Morgan fingerprint density at radius 3 is 2.48 bits per heavy atom. The smallest absolute Gasteiger partial charge is 0.313 e. The van der Waals surface area contributed by atoms with Gasteiger partial charge in [-0.25, -0.2) is 0 Å². The molecule has 7 nitrogen and oxygen atoms in total. The molecule has 1 aromatic rings. The second-order valence-corrected chi connectivity index (χ2v) is 5.11. The van der Waals surface area contributed by atoms with Gasteiger partial charge in [-0.1, -0.05) is 0 Å². The Kier molecular flexibility index (Phi) is 4.01. The first-order chi connectivity index (χ1) is 10.5. The first kappa shape index (κ1) is 16.7. The summed E-state index contributed by atoms with van der Waals surface area (Å²) in [5, 5.41) is 10.9. The highest BCUT2D eigenvalue weighted by atomic mass is 19.4. The van der Waals surface area contributed by atoms with Gasteiger partial charge in [0.2, 0.25) is 5.91 Å². The van der Waals surface area contributed by atoms with Crippen LogP contribution in [0, 0.1) is 10.1 Å². The van der Waals surface area contributed by atoms with Gasteiger partial charge >= 0.3 is 12.1 Å². The van der Waals surface area contributed by atoms with Crippen LogP contribution >= 0.6 is 0 Å². The molecular weight excluding hydrogens is 319 g/mol. The van der Waals surface area contributed by atoms with Gasteiger partial charge in [-0.2, -0.15) is 13.2 Å². The van der Waals surface area contributed by atoms with Crippen LogP contribution in [0.25, 0.3) is 0 Å². The Labute approximate surface area is 128 Å². The van der Waals surface area contributed by atoms with Crippen LogP contribution in [0.5, 0.6) is 0 Å². The van der Waals surface area contributed by atoms with Crippen LogP contribution in [0.3, 0.4) is 0 Å². The van der Waals surface area contributed by atoms with Gasteiger partial charge in [-0.3, -0.25) is 24.6 Å². The molecule has 124 valence electrons. The highest BCUT2D eigenvalue weighted by molar-refractivity contribution is 6.07. The topological polar surface area (TPSA) is 83.8 Å². The zero-order chi connectivity index (χ0) is 17.5. The molecule has 0 radical (unpaired) electrons. The highest BCUT2D eigenvalue weighted by Crippen LogP contribution is 2.39. The number of halogens is 3. The maximum Gasteiger partial charge on any atom is 0.471 e. The zero-order valence-corrected chi connectivity index (χ0v) is 12.1. The number of nitrogens with zero attached hydrogens (tertiary/aromatic N) is 3. The summed E-state index contributed by atoms with van der Waals surface area (Å²) in [7, 11) is 1.33. The lowest BCUT2D eigenvalue weighted by atomic mass is 10.1. The number of rotatable bonds is 1. The molecule has 23 heavy (non-hydrogen) atoms. The van der Waals surface area contributed by atoms with Gasteiger partial charge in [-0.05, 0) is 13.0 Å². The number of nitro benzene ring substituents is 1. The normalized spacial score (nSPS) is 18.5. The molecule has 1 aliphatic rings. The summed E-state index contributed by atoms with van der Waals surface area (Å²) >= 11 is 0. The van der Waals surface area contributed by atoms with Crippen molar-refractivity contribution >= 4 is 28.9 Å². The third kappa shape index (κ3) is 2.96. The molecule has 0 saturated heterocycles. The van der Waals surface area contributed by atoms with E-state index in [4.69, 9.17) is 0 Å². The summed E-state index contributed by atoms with van der Waals surface area (Å²) in [5.41, 5.74) is -0.788. The van der Waals surface area contributed by atoms with Crippen LogP contribution in [0.1, 0.15) is 13.3 Å². The number of carbonyl (C=O) groups excluding carboxylic acids is 2. The maximum atomic E-state index is 12.9. The molecule has 0 spiro atoms. The molecule has 10 heteroatoms. The van der Waals surface area contributed by atoms with Crippen molar-refractivity contribution < 1.29 is 27.7 Å².